The van der Waals surface area contributed by atoms with Crippen molar-refractivity contribution >= 4 is 17.6 Å². The Kier molecular flexibility index (Phi) is 3.84. The van der Waals surface area contributed by atoms with Crippen LogP contribution in [0, 0.1) is 27.7 Å². The Bertz CT molecular complexity index is 729. The largest absolute Gasteiger partial charge is 0.477 e. The summed E-state index contributed by atoms with van der Waals surface area (Å²) in [6, 6.07) is 5.80. The average molecular weight is 286 g/mol. The molecule has 5 nitrogen and oxygen atoms in total. The topological polar surface area (TPSA) is 82.2 Å². The number of aromatic carboxylic acids is 1. The SMILES string of the molecule is Cc1ccc(C)c(NC(=O)c2c(C)[nH]c(C(=O)O)c2C)c1. The summed E-state index contributed by atoms with van der Waals surface area (Å²) in [5.41, 5.74) is 4.17. The summed E-state index contributed by atoms with van der Waals surface area (Å²) in [5.74, 6) is -1.37. The third kappa shape index (κ3) is 2.81. The van der Waals surface area contributed by atoms with Crippen LogP contribution in [-0.4, -0.2) is 22.0 Å². The van der Waals surface area contributed by atoms with E-state index in [4.69, 9.17) is 5.11 Å². The normalized spacial score (nSPS) is 10.5. The molecule has 0 atom stereocenters. The predicted octanol–water partition coefficient (Wildman–Crippen LogP) is 3.20. The maximum Gasteiger partial charge on any atom is 0.352 e. The van der Waals surface area contributed by atoms with Crippen LogP contribution in [0.15, 0.2) is 18.2 Å². The van der Waals surface area contributed by atoms with Gasteiger partial charge in [-0.2, -0.15) is 0 Å². The number of carboxylic acid groups (broad SMARTS) is 1. The number of nitrogens with one attached hydrogen (secondary N) is 2. The van der Waals surface area contributed by atoms with Gasteiger partial charge in [-0.25, -0.2) is 4.79 Å². The molecule has 0 aliphatic heterocycles. The van der Waals surface area contributed by atoms with Crippen molar-refractivity contribution in [3.8, 4) is 0 Å². The summed E-state index contributed by atoms with van der Waals surface area (Å²) in [7, 11) is 0. The van der Waals surface area contributed by atoms with Crippen LogP contribution in [0.4, 0.5) is 5.69 Å². The molecule has 1 aromatic carbocycles. The molecule has 0 aliphatic carbocycles. The van der Waals surface area contributed by atoms with Gasteiger partial charge in [-0.15, -0.1) is 0 Å². The van der Waals surface area contributed by atoms with E-state index in [1.54, 1.807) is 13.8 Å². The number of aromatic amines is 1. The summed E-state index contributed by atoms with van der Waals surface area (Å²) in [4.78, 5) is 26.3. The fourth-order valence-electron chi connectivity index (χ4n) is 2.36. The van der Waals surface area contributed by atoms with Crippen molar-refractivity contribution in [2.24, 2.45) is 0 Å². The second-order valence-corrected chi connectivity index (χ2v) is 5.20. The van der Waals surface area contributed by atoms with Gasteiger partial charge in [0.15, 0.2) is 0 Å². The molecular formula is C16H18N2O3. The molecular weight excluding hydrogens is 268 g/mol. The first-order valence-corrected chi connectivity index (χ1v) is 6.62. The van der Waals surface area contributed by atoms with Crippen LogP contribution >= 0.6 is 0 Å². The lowest BCUT2D eigenvalue weighted by atomic mass is 10.1. The van der Waals surface area contributed by atoms with E-state index in [-0.39, 0.29) is 11.6 Å². The van der Waals surface area contributed by atoms with E-state index >= 15 is 0 Å². The maximum atomic E-state index is 12.4. The molecule has 3 N–H and O–H groups in total. The van der Waals surface area contributed by atoms with Gasteiger partial charge in [-0.3, -0.25) is 4.79 Å². The number of carbonyl (C=O) groups is 2. The van der Waals surface area contributed by atoms with E-state index in [9.17, 15) is 9.59 Å². The highest BCUT2D eigenvalue weighted by Gasteiger charge is 2.21. The Morgan fingerprint density at radius 1 is 1.14 bits per heavy atom. The number of anilines is 1. The Morgan fingerprint density at radius 2 is 1.81 bits per heavy atom. The van der Waals surface area contributed by atoms with Crippen LogP contribution in [0.2, 0.25) is 0 Å². The number of aromatic nitrogens is 1. The Morgan fingerprint density at radius 3 is 2.38 bits per heavy atom. The van der Waals surface area contributed by atoms with Crippen LogP contribution in [0.1, 0.15) is 43.2 Å². The minimum atomic E-state index is -1.07. The number of hydrogen-bond acceptors (Lipinski definition) is 2. The molecule has 1 heterocycles. The zero-order valence-electron chi connectivity index (χ0n) is 12.5. The van der Waals surface area contributed by atoms with Gasteiger partial charge < -0.3 is 15.4 Å². The number of rotatable bonds is 3. The molecule has 5 heteroatoms. The van der Waals surface area contributed by atoms with Crippen LogP contribution in [0.3, 0.4) is 0 Å². The molecule has 0 bridgehead atoms. The number of carbonyl (C=O) groups excluding carboxylic acids is 1. The molecule has 0 saturated heterocycles. The molecule has 2 aromatic rings. The summed E-state index contributed by atoms with van der Waals surface area (Å²) in [6.07, 6.45) is 0. The second kappa shape index (κ2) is 5.44. The van der Waals surface area contributed by atoms with Crippen LogP contribution in [-0.2, 0) is 0 Å². The molecule has 0 saturated carbocycles. The zero-order valence-corrected chi connectivity index (χ0v) is 12.5. The average Bonchev–Trinajstić information content (AvgIpc) is 2.69. The quantitative estimate of drug-likeness (QED) is 0.810. The molecule has 0 fully saturated rings. The number of carboxylic acids is 1. The molecule has 2 rings (SSSR count). The number of H-pyrrole nitrogens is 1. The van der Waals surface area contributed by atoms with Gasteiger partial charge in [0.1, 0.15) is 5.69 Å². The molecule has 0 spiro atoms. The third-order valence-electron chi connectivity index (χ3n) is 3.52. The smallest absolute Gasteiger partial charge is 0.352 e. The van der Waals surface area contributed by atoms with Crippen molar-refractivity contribution in [1.82, 2.24) is 4.98 Å². The van der Waals surface area contributed by atoms with E-state index in [0.717, 1.165) is 16.8 Å². The lowest BCUT2D eigenvalue weighted by molar-refractivity contribution is 0.0690. The standard InChI is InChI=1S/C16H18N2O3/c1-8-5-6-9(2)12(7-8)18-15(19)13-10(3)14(16(20)21)17-11(13)4/h5-7,17H,1-4H3,(H,18,19)(H,20,21). The first kappa shape index (κ1) is 14.8. The van der Waals surface area contributed by atoms with Gasteiger partial charge in [0, 0.05) is 11.4 Å². The van der Waals surface area contributed by atoms with Gasteiger partial charge in [-0.05, 0) is 50.5 Å². The highest BCUT2D eigenvalue weighted by molar-refractivity contribution is 6.08. The molecule has 110 valence electrons. The van der Waals surface area contributed by atoms with Crippen molar-refractivity contribution in [3.63, 3.8) is 0 Å². The van der Waals surface area contributed by atoms with E-state index in [2.05, 4.69) is 10.3 Å². The van der Waals surface area contributed by atoms with Gasteiger partial charge in [0.2, 0.25) is 0 Å². The molecule has 1 amide bonds. The van der Waals surface area contributed by atoms with Gasteiger partial charge in [0.05, 0.1) is 5.56 Å². The summed E-state index contributed by atoms with van der Waals surface area (Å²) in [6.45, 7) is 7.18. The fourth-order valence-corrected chi connectivity index (χ4v) is 2.36. The summed E-state index contributed by atoms with van der Waals surface area (Å²) < 4.78 is 0. The minimum Gasteiger partial charge on any atom is -0.477 e. The first-order valence-electron chi connectivity index (χ1n) is 6.62. The van der Waals surface area contributed by atoms with E-state index in [1.165, 1.54) is 0 Å². The van der Waals surface area contributed by atoms with Gasteiger partial charge in [-0.1, -0.05) is 12.1 Å². The Labute approximate surface area is 123 Å². The van der Waals surface area contributed by atoms with Crippen molar-refractivity contribution in [1.29, 1.82) is 0 Å². The summed E-state index contributed by atoms with van der Waals surface area (Å²) in [5, 5.41) is 11.9. The molecule has 21 heavy (non-hydrogen) atoms. The van der Waals surface area contributed by atoms with E-state index < -0.39 is 5.97 Å². The van der Waals surface area contributed by atoms with Crippen LogP contribution in [0.5, 0.6) is 0 Å². The van der Waals surface area contributed by atoms with E-state index in [0.29, 0.717) is 16.8 Å². The van der Waals surface area contributed by atoms with Crippen LogP contribution < -0.4 is 5.32 Å². The number of amides is 1. The second-order valence-electron chi connectivity index (χ2n) is 5.20. The predicted molar refractivity (Wildman–Crippen MR) is 81.1 cm³/mol. The zero-order chi connectivity index (χ0) is 15.7. The first-order chi connectivity index (χ1) is 9.81. The van der Waals surface area contributed by atoms with Crippen molar-refractivity contribution < 1.29 is 14.7 Å². The van der Waals surface area contributed by atoms with Crippen LogP contribution in [0.25, 0.3) is 0 Å². The molecule has 0 unspecified atom stereocenters. The monoisotopic (exact) mass is 286 g/mol. The highest BCUT2D eigenvalue weighted by Crippen LogP contribution is 2.22. The van der Waals surface area contributed by atoms with Gasteiger partial charge >= 0.3 is 5.97 Å². The Hall–Kier alpha value is -2.56. The fraction of sp³-hybridized carbons (Fsp3) is 0.250. The number of hydrogen-bond donors (Lipinski definition) is 3. The van der Waals surface area contributed by atoms with Crippen molar-refractivity contribution in [2.75, 3.05) is 5.32 Å². The molecule has 0 aliphatic rings. The Balaban J connectivity index is 2.37. The van der Waals surface area contributed by atoms with Crippen molar-refractivity contribution in [2.45, 2.75) is 27.7 Å². The third-order valence-corrected chi connectivity index (χ3v) is 3.52. The maximum absolute atomic E-state index is 12.4. The molecule has 0 radical (unpaired) electrons. The summed E-state index contributed by atoms with van der Waals surface area (Å²) >= 11 is 0. The van der Waals surface area contributed by atoms with E-state index in [1.807, 2.05) is 32.0 Å². The number of benzene rings is 1. The number of aryl methyl sites for hydroxylation is 3. The van der Waals surface area contributed by atoms with Crippen molar-refractivity contribution in [3.05, 3.63) is 51.8 Å². The highest BCUT2D eigenvalue weighted by atomic mass is 16.4. The van der Waals surface area contributed by atoms with Gasteiger partial charge in [0.25, 0.3) is 5.91 Å². The lowest BCUT2D eigenvalue weighted by Gasteiger charge is -2.10. The minimum absolute atomic E-state index is 0.0543. The lowest BCUT2D eigenvalue weighted by Crippen LogP contribution is -2.14. The molecule has 1 aromatic heterocycles.